The van der Waals surface area contributed by atoms with Crippen LogP contribution >= 0.6 is 23.2 Å². The van der Waals surface area contributed by atoms with Crippen molar-refractivity contribution < 1.29 is 9.47 Å². The van der Waals surface area contributed by atoms with Crippen LogP contribution < -0.4 is 14.8 Å². The minimum absolute atomic E-state index is 0.0113. The van der Waals surface area contributed by atoms with Crippen LogP contribution in [0.4, 0.5) is 5.95 Å². The number of hydrogen-bond acceptors (Lipinski definition) is 6. The Hall–Kier alpha value is -2.51. The second kappa shape index (κ2) is 7.25. The summed E-state index contributed by atoms with van der Waals surface area (Å²) in [6.45, 7) is 0. The number of hydrogen-bond donors (Lipinski definition) is 1. The Balaban J connectivity index is 1.72. The topological polar surface area (TPSA) is 74.1 Å². The van der Waals surface area contributed by atoms with Gasteiger partial charge in [-0.25, -0.2) is 4.68 Å². The summed E-state index contributed by atoms with van der Waals surface area (Å²) < 4.78 is 12.5. The normalized spacial score (nSPS) is 18.5. The minimum Gasteiger partial charge on any atom is -0.493 e. The molecule has 9 heteroatoms. The standard InChI is InChI=1S/C18H17Cl2N5O2/c1-26-16-6-4-10(8-17(16)27-2)14-9-15(25-18(21-14)22-23-24-25)11-3-5-12(19)13(20)7-11/h3-8,14-15H,9H2,1-2H3,(H,21,22,24)/t14-,15-/m1/s1. The molecule has 0 amide bonds. The molecule has 0 fully saturated rings. The van der Waals surface area contributed by atoms with Crippen LogP contribution in [-0.2, 0) is 0 Å². The maximum absolute atomic E-state index is 6.22. The van der Waals surface area contributed by atoms with Crippen molar-refractivity contribution in [2.24, 2.45) is 0 Å². The summed E-state index contributed by atoms with van der Waals surface area (Å²) in [4.78, 5) is 0. The van der Waals surface area contributed by atoms with Gasteiger partial charge in [-0.05, 0) is 52.2 Å². The van der Waals surface area contributed by atoms with Gasteiger partial charge in [-0.15, -0.1) is 0 Å². The molecular formula is C18H17Cl2N5O2. The van der Waals surface area contributed by atoms with E-state index in [0.29, 0.717) is 27.5 Å². The third kappa shape index (κ3) is 3.28. The molecule has 1 aromatic heterocycles. The van der Waals surface area contributed by atoms with Gasteiger partial charge in [0.15, 0.2) is 11.5 Å². The predicted molar refractivity (Wildman–Crippen MR) is 103 cm³/mol. The highest BCUT2D eigenvalue weighted by atomic mass is 35.5. The van der Waals surface area contributed by atoms with E-state index in [-0.39, 0.29) is 12.1 Å². The van der Waals surface area contributed by atoms with E-state index in [2.05, 4.69) is 20.8 Å². The molecule has 0 bridgehead atoms. The largest absolute Gasteiger partial charge is 0.493 e. The monoisotopic (exact) mass is 405 g/mol. The second-order valence-electron chi connectivity index (χ2n) is 6.18. The van der Waals surface area contributed by atoms with Gasteiger partial charge in [-0.3, -0.25) is 0 Å². The van der Waals surface area contributed by atoms with Crippen LogP contribution in [-0.4, -0.2) is 34.4 Å². The van der Waals surface area contributed by atoms with Crippen LogP contribution in [0.1, 0.15) is 29.6 Å². The Labute approximate surface area is 166 Å². The molecule has 1 N–H and O–H groups in total. The summed E-state index contributed by atoms with van der Waals surface area (Å²) in [7, 11) is 3.24. The number of halogens is 2. The Morgan fingerprint density at radius 3 is 2.52 bits per heavy atom. The second-order valence-corrected chi connectivity index (χ2v) is 7.00. The Kier molecular flexibility index (Phi) is 4.80. The quantitative estimate of drug-likeness (QED) is 0.702. The molecule has 0 aliphatic carbocycles. The average molecular weight is 406 g/mol. The van der Waals surface area contributed by atoms with Gasteiger partial charge in [-0.1, -0.05) is 40.4 Å². The SMILES string of the molecule is COc1ccc([C@H]2C[C@H](c3ccc(Cl)c(Cl)c3)n3nnnc3N2)cc1OC. The van der Waals surface area contributed by atoms with Crippen LogP contribution in [0.15, 0.2) is 36.4 Å². The number of nitrogens with one attached hydrogen (secondary N) is 1. The molecule has 140 valence electrons. The van der Waals surface area contributed by atoms with Crippen LogP contribution in [0.3, 0.4) is 0 Å². The summed E-state index contributed by atoms with van der Waals surface area (Å²) in [6.07, 6.45) is 0.728. The van der Waals surface area contributed by atoms with Crippen LogP contribution in [0, 0.1) is 0 Å². The Bertz CT molecular complexity index is 978. The lowest BCUT2D eigenvalue weighted by Crippen LogP contribution is -2.28. The Morgan fingerprint density at radius 2 is 1.78 bits per heavy atom. The number of ether oxygens (including phenoxy) is 2. The highest BCUT2D eigenvalue weighted by Gasteiger charge is 2.31. The van der Waals surface area contributed by atoms with Crippen molar-refractivity contribution in [1.29, 1.82) is 0 Å². The predicted octanol–water partition coefficient (Wildman–Crippen LogP) is 4.14. The molecule has 0 spiro atoms. The molecule has 4 rings (SSSR count). The van der Waals surface area contributed by atoms with E-state index in [9.17, 15) is 0 Å². The lowest BCUT2D eigenvalue weighted by Gasteiger charge is -2.31. The van der Waals surface area contributed by atoms with Crippen molar-refractivity contribution in [1.82, 2.24) is 20.2 Å². The zero-order chi connectivity index (χ0) is 19.0. The van der Waals surface area contributed by atoms with Gasteiger partial charge in [0.1, 0.15) is 0 Å². The molecule has 2 aromatic carbocycles. The van der Waals surface area contributed by atoms with Crippen LogP contribution in [0.25, 0.3) is 0 Å². The van der Waals surface area contributed by atoms with Gasteiger partial charge < -0.3 is 14.8 Å². The van der Waals surface area contributed by atoms with Crippen molar-refractivity contribution in [3.63, 3.8) is 0 Å². The molecule has 0 unspecified atom stereocenters. The first-order valence-electron chi connectivity index (χ1n) is 8.32. The van der Waals surface area contributed by atoms with E-state index in [0.717, 1.165) is 17.5 Å². The van der Waals surface area contributed by atoms with Crippen molar-refractivity contribution in [2.75, 3.05) is 19.5 Å². The first-order valence-corrected chi connectivity index (χ1v) is 9.07. The molecule has 0 saturated heterocycles. The summed E-state index contributed by atoms with van der Waals surface area (Å²) in [6, 6.07) is 11.4. The fraction of sp³-hybridized carbons (Fsp3) is 0.278. The highest BCUT2D eigenvalue weighted by Crippen LogP contribution is 2.40. The number of rotatable bonds is 4. The summed E-state index contributed by atoms with van der Waals surface area (Å²) in [5.74, 6) is 1.95. The minimum atomic E-state index is -0.0795. The number of tetrazole rings is 1. The number of nitrogens with zero attached hydrogens (tertiary/aromatic N) is 4. The summed E-state index contributed by atoms with van der Waals surface area (Å²) in [5, 5.41) is 16.4. The smallest absolute Gasteiger partial charge is 0.243 e. The lowest BCUT2D eigenvalue weighted by molar-refractivity contribution is 0.353. The number of benzene rings is 2. The van der Waals surface area contributed by atoms with E-state index in [1.165, 1.54) is 0 Å². The van der Waals surface area contributed by atoms with Gasteiger partial charge in [0.05, 0.1) is 36.3 Å². The summed E-state index contributed by atoms with van der Waals surface area (Å²) >= 11 is 12.3. The molecule has 0 radical (unpaired) electrons. The third-order valence-corrected chi connectivity index (χ3v) is 5.43. The first-order chi connectivity index (χ1) is 13.1. The molecule has 2 heterocycles. The van der Waals surface area contributed by atoms with Gasteiger partial charge in [0, 0.05) is 0 Å². The zero-order valence-electron chi connectivity index (χ0n) is 14.7. The first kappa shape index (κ1) is 17.9. The van der Waals surface area contributed by atoms with Gasteiger partial charge in [0.25, 0.3) is 0 Å². The van der Waals surface area contributed by atoms with Crippen molar-refractivity contribution in [3.8, 4) is 11.5 Å². The molecule has 1 aliphatic rings. The fourth-order valence-corrected chi connectivity index (χ4v) is 3.63. The number of methoxy groups -OCH3 is 2. The van der Waals surface area contributed by atoms with E-state index in [1.54, 1.807) is 25.0 Å². The summed E-state index contributed by atoms with van der Waals surface area (Å²) in [5.41, 5.74) is 2.04. The van der Waals surface area contributed by atoms with E-state index >= 15 is 0 Å². The maximum atomic E-state index is 6.22. The van der Waals surface area contributed by atoms with E-state index in [1.807, 2.05) is 30.3 Å². The number of anilines is 1. The molecule has 7 nitrogen and oxygen atoms in total. The average Bonchev–Trinajstić information content (AvgIpc) is 3.17. The highest BCUT2D eigenvalue weighted by molar-refractivity contribution is 6.42. The molecule has 0 saturated carbocycles. The van der Waals surface area contributed by atoms with Crippen LogP contribution in [0.5, 0.6) is 11.5 Å². The van der Waals surface area contributed by atoms with Gasteiger partial charge in [-0.2, -0.15) is 0 Å². The molecular weight excluding hydrogens is 389 g/mol. The molecule has 27 heavy (non-hydrogen) atoms. The van der Waals surface area contributed by atoms with Crippen LogP contribution in [0.2, 0.25) is 10.0 Å². The third-order valence-electron chi connectivity index (χ3n) is 4.69. The van der Waals surface area contributed by atoms with Crippen molar-refractivity contribution >= 4 is 29.2 Å². The molecule has 1 aliphatic heterocycles. The van der Waals surface area contributed by atoms with Crippen molar-refractivity contribution in [3.05, 3.63) is 57.6 Å². The Morgan fingerprint density at radius 1 is 1.00 bits per heavy atom. The number of aromatic nitrogens is 4. The van der Waals surface area contributed by atoms with Crippen molar-refractivity contribution in [2.45, 2.75) is 18.5 Å². The van der Waals surface area contributed by atoms with Gasteiger partial charge in [0.2, 0.25) is 5.95 Å². The van der Waals surface area contributed by atoms with E-state index < -0.39 is 0 Å². The van der Waals surface area contributed by atoms with E-state index in [4.69, 9.17) is 32.7 Å². The van der Waals surface area contributed by atoms with Gasteiger partial charge >= 0.3 is 0 Å². The zero-order valence-corrected chi connectivity index (χ0v) is 16.2. The fourth-order valence-electron chi connectivity index (χ4n) is 3.32. The lowest BCUT2D eigenvalue weighted by atomic mass is 9.93. The maximum Gasteiger partial charge on any atom is 0.243 e. The number of fused-ring (bicyclic) bond motifs is 1. The molecule has 3 aromatic rings. The molecule has 2 atom stereocenters.